The van der Waals surface area contributed by atoms with Crippen molar-refractivity contribution in [3.05, 3.63) is 29.8 Å². The third kappa shape index (κ3) is 3.72. The van der Waals surface area contributed by atoms with E-state index < -0.39 is 11.7 Å². The number of amides is 2. The van der Waals surface area contributed by atoms with Crippen LogP contribution < -0.4 is 10.2 Å². The lowest BCUT2D eigenvalue weighted by Gasteiger charge is -2.19. The SMILES string of the molecule is CC(=O)NC[C@H]1CN(c2ccc(C(C)(C)O)cc2)C(=O)O1. The van der Waals surface area contributed by atoms with E-state index in [1.165, 1.54) is 11.8 Å². The van der Waals surface area contributed by atoms with Crippen molar-refractivity contribution in [2.75, 3.05) is 18.0 Å². The van der Waals surface area contributed by atoms with E-state index in [9.17, 15) is 14.7 Å². The Morgan fingerprint density at radius 2 is 2.05 bits per heavy atom. The molecule has 6 heteroatoms. The number of carbonyl (C=O) groups is 2. The third-order valence-corrected chi connectivity index (χ3v) is 3.34. The fourth-order valence-electron chi connectivity index (χ4n) is 2.15. The number of anilines is 1. The van der Waals surface area contributed by atoms with Crippen LogP contribution in [0.1, 0.15) is 26.3 Å². The van der Waals surface area contributed by atoms with Crippen LogP contribution in [0.3, 0.4) is 0 Å². The van der Waals surface area contributed by atoms with Crippen LogP contribution in [0.15, 0.2) is 24.3 Å². The molecular weight excluding hydrogens is 272 g/mol. The number of hydrogen-bond acceptors (Lipinski definition) is 4. The second-order valence-corrected chi connectivity index (χ2v) is 5.66. The first-order valence-corrected chi connectivity index (χ1v) is 6.83. The molecule has 2 rings (SSSR count). The Morgan fingerprint density at radius 1 is 1.43 bits per heavy atom. The van der Waals surface area contributed by atoms with Gasteiger partial charge in [-0.05, 0) is 31.5 Å². The number of ether oxygens (including phenoxy) is 1. The van der Waals surface area contributed by atoms with E-state index in [-0.39, 0.29) is 12.0 Å². The molecule has 6 nitrogen and oxygen atoms in total. The standard InChI is InChI=1S/C15H20N2O4/c1-10(18)16-8-13-9-17(14(19)21-13)12-6-4-11(5-7-12)15(2,3)20/h4-7,13,20H,8-9H2,1-3H3,(H,16,18)/t13-/m0/s1. The molecule has 0 aromatic heterocycles. The average Bonchev–Trinajstić information content (AvgIpc) is 2.77. The Balaban J connectivity index is 2.05. The van der Waals surface area contributed by atoms with Gasteiger partial charge in [0.15, 0.2) is 0 Å². The van der Waals surface area contributed by atoms with Crippen molar-refractivity contribution in [3.63, 3.8) is 0 Å². The molecule has 114 valence electrons. The molecule has 0 radical (unpaired) electrons. The van der Waals surface area contributed by atoms with Crippen LogP contribution in [0.5, 0.6) is 0 Å². The maximum absolute atomic E-state index is 11.9. The first kappa shape index (κ1) is 15.3. The van der Waals surface area contributed by atoms with Gasteiger partial charge in [0, 0.05) is 12.6 Å². The van der Waals surface area contributed by atoms with Gasteiger partial charge in [-0.2, -0.15) is 0 Å². The number of aliphatic hydroxyl groups is 1. The molecule has 1 aromatic rings. The Labute approximate surface area is 123 Å². The highest BCUT2D eigenvalue weighted by Gasteiger charge is 2.32. The van der Waals surface area contributed by atoms with E-state index in [0.717, 1.165) is 5.56 Å². The van der Waals surface area contributed by atoms with Gasteiger partial charge in [0.1, 0.15) is 6.10 Å². The summed E-state index contributed by atoms with van der Waals surface area (Å²) in [7, 11) is 0. The number of nitrogens with zero attached hydrogens (tertiary/aromatic N) is 1. The van der Waals surface area contributed by atoms with Gasteiger partial charge in [-0.25, -0.2) is 4.79 Å². The van der Waals surface area contributed by atoms with E-state index in [2.05, 4.69) is 5.32 Å². The quantitative estimate of drug-likeness (QED) is 0.878. The molecule has 1 saturated heterocycles. The molecule has 0 bridgehead atoms. The molecule has 1 aromatic carbocycles. The lowest BCUT2D eigenvalue weighted by atomic mass is 9.98. The van der Waals surface area contributed by atoms with Crippen molar-refractivity contribution in [1.29, 1.82) is 0 Å². The van der Waals surface area contributed by atoms with Gasteiger partial charge >= 0.3 is 6.09 Å². The molecule has 1 aliphatic heterocycles. The maximum Gasteiger partial charge on any atom is 0.414 e. The molecule has 2 amide bonds. The summed E-state index contributed by atoms with van der Waals surface area (Å²) in [6.07, 6.45) is -0.781. The first-order valence-electron chi connectivity index (χ1n) is 6.83. The zero-order valence-electron chi connectivity index (χ0n) is 12.4. The van der Waals surface area contributed by atoms with Crippen LogP contribution in [0.4, 0.5) is 10.5 Å². The number of hydrogen-bond donors (Lipinski definition) is 2. The summed E-state index contributed by atoms with van der Waals surface area (Å²) in [5.41, 5.74) is 0.560. The fraction of sp³-hybridized carbons (Fsp3) is 0.467. The van der Waals surface area contributed by atoms with E-state index >= 15 is 0 Å². The second-order valence-electron chi connectivity index (χ2n) is 5.66. The monoisotopic (exact) mass is 292 g/mol. The van der Waals surface area contributed by atoms with Gasteiger partial charge in [-0.3, -0.25) is 9.69 Å². The van der Waals surface area contributed by atoms with Crippen molar-refractivity contribution in [2.45, 2.75) is 32.5 Å². The lowest BCUT2D eigenvalue weighted by Crippen LogP contribution is -2.33. The lowest BCUT2D eigenvalue weighted by molar-refractivity contribution is -0.119. The minimum Gasteiger partial charge on any atom is -0.442 e. The average molecular weight is 292 g/mol. The highest BCUT2D eigenvalue weighted by molar-refractivity contribution is 5.89. The molecule has 21 heavy (non-hydrogen) atoms. The summed E-state index contributed by atoms with van der Waals surface area (Å²) in [5.74, 6) is -0.154. The van der Waals surface area contributed by atoms with Gasteiger partial charge in [-0.1, -0.05) is 12.1 Å². The summed E-state index contributed by atoms with van der Waals surface area (Å²) in [4.78, 5) is 24.2. The fourth-order valence-corrected chi connectivity index (χ4v) is 2.15. The highest BCUT2D eigenvalue weighted by atomic mass is 16.6. The first-order chi connectivity index (χ1) is 9.77. The smallest absolute Gasteiger partial charge is 0.414 e. The number of cyclic esters (lactones) is 1. The van der Waals surface area contributed by atoms with E-state index in [1.807, 2.05) is 0 Å². The Hall–Kier alpha value is -2.08. The largest absolute Gasteiger partial charge is 0.442 e. The predicted molar refractivity (Wildman–Crippen MR) is 78.0 cm³/mol. The van der Waals surface area contributed by atoms with E-state index in [1.54, 1.807) is 38.1 Å². The van der Waals surface area contributed by atoms with Gasteiger partial charge in [0.05, 0.1) is 18.7 Å². The van der Waals surface area contributed by atoms with E-state index in [0.29, 0.717) is 18.8 Å². The Kier molecular flexibility index (Phi) is 4.18. The van der Waals surface area contributed by atoms with Crippen LogP contribution in [-0.2, 0) is 15.1 Å². The third-order valence-electron chi connectivity index (χ3n) is 3.34. The van der Waals surface area contributed by atoms with Crippen molar-refractivity contribution in [3.8, 4) is 0 Å². The van der Waals surface area contributed by atoms with Crippen LogP contribution in [-0.4, -0.2) is 36.3 Å². The molecular formula is C15H20N2O4. The van der Waals surface area contributed by atoms with Crippen LogP contribution in [0.2, 0.25) is 0 Å². The Morgan fingerprint density at radius 3 is 2.57 bits per heavy atom. The minimum atomic E-state index is -0.919. The van der Waals surface area contributed by atoms with Crippen LogP contribution in [0.25, 0.3) is 0 Å². The molecule has 1 fully saturated rings. The zero-order valence-corrected chi connectivity index (χ0v) is 12.4. The maximum atomic E-state index is 11.9. The minimum absolute atomic E-state index is 0.154. The molecule has 0 aliphatic carbocycles. The van der Waals surface area contributed by atoms with Crippen LogP contribution in [0, 0.1) is 0 Å². The summed E-state index contributed by atoms with van der Waals surface area (Å²) in [5, 5.41) is 12.5. The molecule has 0 spiro atoms. The predicted octanol–water partition coefficient (Wildman–Crippen LogP) is 1.38. The summed E-state index contributed by atoms with van der Waals surface area (Å²) in [6, 6.07) is 7.11. The molecule has 1 atom stereocenters. The molecule has 1 aliphatic rings. The summed E-state index contributed by atoms with van der Waals surface area (Å²) >= 11 is 0. The van der Waals surface area contributed by atoms with Crippen molar-refractivity contribution < 1.29 is 19.4 Å². The van der Waals surface area contributed by atoms with Crippen molar-refractivity contribution in [1.82, 2.24) is 5.32 Å². The Bertz CT molecular complexity index is 534. The summed E-state index contributed by atoms with van der Waals surface area (Å²) in [6.45, 7) is 5.52. The number of benzene rings is 1. The topological polar surface area (TPSA) is 78.9 Å². The number of nitrogens with one attached hydrogen (secondary N) is 1. The van der Waals surface area contributed by atoms with Crippen LogP contribution >= 0.6 is 0 Å². The molecule has 2 N–H and O–H groups in total. The summed E-state index contributed by atoms with van der Waals surface area (Å²) < 4.78 is 5.20. The van der Waals surface area contributed by atoms with Gasteiger partial charge in [-0.15, -0.1) is 0 Å². The molecule has 0 unspecified atom stereocenters. The van der Waals surface area contributed by atoms with Gasteiger partial charge in [0.2, 0.25) is 5.91 Å². The molecule has 0 saturated carbocycles. The van der Waals surface area contributed by atoms with Crippen molar-refractivity contribution >= 4 is 17.7 Å². The van der Waals surface area contributed by atoms with Gasteiger partial charge < -0.3 is 15.2 Å². The van der Waals surface area contributed by atoms with E-state index in [4.69, 9.17) is 4.74 Å². The van der Waals surface area contributed by atoms with Gasteiger partial charge in [0.25, 0.3) is 0 Å². The normalized spacial score (nSPS) is 18.6. The highest BCUT2D eigenvalue weighted by Crippen LogP contribution is 2.25. The van der Waals surface area contributed by atoms with Crippen molar-refractivity contribution in [2.24, 2.45) is 0 Å². The zero-order chi connectivity index (χ0) is 15.6. The number of carbonyl (C=O) groups excluding carboxylic acids is 2. The second kappa shape index (κ2) is 5.73. The molecule has 1 heterocycles. The number of rotatable bonds is 4.